The summed E-state index contributed by atoms with van der Waals surface area (Å²) >= 11 is 3.32. The minimum atomic E-state index is -0.358. The number of likely N-dealkylation sites (tertiary alicyclic amines) is 1. The van der Waals surface area contributed by atoms with Gasteiger partial charge in [0.2, 0.25) is 0 Å². The van der Waals surface area contributed by atoms with Crippen molar-refractivity contribution in [1.29, 1.82) is 0 Å². The fourth-order valence-corrected chi connectivity index (χ4v) is 2.80. The molecule has 3 nitrogen and oxygen atoms in total. The van der Waals surface area contributed by atoms with Gasteiger partial charge in [-0.25, -0.2) is 4.39 Å². The van der Waals surface area contributed by atoms with E-state index in [1.54, 1.807) is 17.9 Å². The van der Waals surface area contributed by atoms with Crippen molar-refractivity contribution in [3.8, 4) is 0 Å². The predicted molar refractivity (Wildman–Crippen MR) is 79.2 cm³/mol. The van der Waals surface area contributed by atoms with Crippen LogP contribution in [0.5, 0.6) is 0 Å². The van der Waals surface area contributed by atoms with Crippen LogP contribution in [0.4, 0.5) is 4.39 Å². The summed E-state index contributed by atoms with van der Waals surface area (Å²) in [4.78, 5) is 14.0. The number of halogens is 3. The van der Waals surface area contributed by atoms with Gasteiger partial charge in [0.1, 0.15) is 5.82 Å². The maximum Gasteiger partial charge on any atom is 0.255 e. The van der Waals surface area contributed by atoms with Gasteiger partial charge in [-0.1, -0.05) is 0 Å². The summed E-state index contributed by atoms with van der Waals surface area (Å²) in [5, 5.41) is 0. The zero-order chi connectivity index (χ0) is 13.3. The van der Waals surface area contributed by atoms with Gasteiger partial charge >= 0.3 is 0 Å². The molecule has 1 aromatic carbocycles. The van der Waals surface area contributed by atoms with Gasteiger partial charge in [0.05, 0.1) is 5.56 Å². The van der Waals surface area contributed by atoms with Gasteiger partial charge in [0.25, 0.3) is 5.91 Å². The average Bonchev–Trinajstić information content (AvgIpc) is 2.33. The Bertz CT molecular complexity index is 484. The second kappa shape index (κ2) is 6.68. The van der Waals surface area contributed by atoms with Crippen LogP contribution in [-0.4, -0.2) is 29.9 Å². The van der Waals surface area contributed by atoms with E-state index < -0.39 is 0 Å². The molecule has 1 heterocycles. The molecule has 1 fully saturated rings. The van der Waals surface area contributed by atoms with Crippen LogP contribution in [-0.2, 0) is 0 Å². The highest BCUT2D eigenvalue weighted by atomic mass is 79.9. The van der Waals surface area contributed by atoms with Crippen LogP contribution in [0, 0.1) is 12.7 Å². The lowest BCUT2D eigenvalue weighted by molar-refractivity contribution is 0.0707. The van der Waals surface area contributed by atoms with E-state index in [-0.39, 0.29) is 30.2 Å². The first kappa shape index (κ1) is 16.4. The van der Waals surface area contributed by atoms with Gasteiger partial charge in [-0.2, -0.15) is 0 Å². The molecule has 1 atom stereocenters. The van der Waals surface area contributed by atoms with E-state index in [0.717, 1.165) is 12.8 Å². The second-order valence-electron chi connectivity index (χ2n) is 4.73. The largest absolute Gasteiger partial charge is 0.337 e. The normalized spacial score (nSPS) is 18.9. The fraction of sp³-hybridized carbons (Fsp3) is 0.462. The molecule has 2 N–H and O–H groups in total. The molecule has 106 valence electrons. The number of nitrogens with two attached hydrogens (primary N) is 1. The van der Waals surface area contributed by atoms with Crippen molar-refractivity contribution in [3.63, 3.8) is 0 Å². The molecule has 0 spiro atoms. The molecule has 0 aromatic heterocycles. The Kier molecular flexibility index (Phi) is 5.77. The Balaban J connectivity index is 0.00000180. The van der Waals surface area contributed by atoms with Crippen molar-refractivity contribution in [2.24, 2.45) is 5.73 Å². The topological polar surface area (TPSA) is 46.3 Å². The number of aryl methyl sites for hydroxylation is 1. The van der Waals surface area contributed by atoms with Gasteiger partial charge < -0.3 is 10.6 Å². The zero-order valence-corrected chi connectivity index (χ0v) is 13.1. The number of piperidine rings is 1. The van der Waals surface area contributed by atoms with Crippen LogP contribution in [0.1, 0.15) is 28.8 Å². The lowest BCUT2D eigenvalue weighted by Gasteiger charge is -2.31. The molecule has 0 bridgehead atoms. The summed E-state index contributed by atoms with van der Waals surface area (Å²) in [5.74, 6) is -0.515. The molecular formula is C13H17BrClFN2O. The molecule has 1 aliphatic rings. The minimum absolute atomic E-state index is 0. The highest BCUT2D eigenvalue weighted by molar-refractivity contribution is 9.10. The van der Waals surface area contributed by atoms with Crippen LogP contribution in [0.25, 0.3) is 0 Å². The highest BCUT2D eigenvalue weighted by Gasteiger charge is 2.24. The van der Waals surface area contributed by atoms with Gasteiger partial charge in [-0.3, -0.25) is 4.79 Å². The Morgan fingerprint density at radius 3 is 2.84 bits per heavy atom. The van der Waals surface area contributed by atoms with Crippen LogP contribution in [0.15, 0.2) is 16.6 Å². The van der Waals surface area contributed by atoms with Crippen molar-refractivity contribution in [1.82, 2.24) is 4.90 Å². The number of benzene rings is 1. The van der Waals surface area contributed by atoms with E-state index in [9.17, 15) is 9.18 Å². The minimum Gasteiger partial charge on any atom is -0.337 e. The third-order valence-corrected chi connectivity index (χ3v) is 3.88. The second-order valence-corrected chi connectivity index (χ2v) is 5.59. The summed E-state index contributed by atoms with van der Waals surface area (Å²) in [6, 6.07) is 2.95. The number of hydrogen-bond acceptors (Lipinski definition) is 2. The van der Waals surface area contributed by atoms with Crippen molar-refractivity contribution >= 4 is 34.2 Å². The number of carbonyl (C=O) groups excluding carboxylic acids is 1. The van der Waals surface area contributed by atoms with E-state index in [4.69, 9.17) is 5.73 Å². The van der Waals surface area contributed by atoms with Crippen LogP contribution in [0.2, 0.25) is 0 Å². The SMILES string of the molecule is Cc1cc(Br)c(C(=O)N2CCC[C@H](N)C2)cc1F.Cl. The number of nitrogens with zero attached hydrogens (tertiary/aromatic N) is 1. The summed E-state index contributed by atoms with van der Waals surface area (Å²) in [7, 11) is 0. The predicted octanol–water partition coefficient (Wildman–Crippen LogP) is 2.88. The average molecular weight is 352 g/mol. The summed E-state index contributed by atoms with van der Waals surface area (Å²) in [6.45, 7) is 2.90. The molecule has 2 rings (SSSR count). The monoisotopic (exact) mass is 350 g/mol. The molecule has 0 aliphatic carbocycles. The van der Waals surface area contributed by atoms with Gasteiger partial charge in [0.15, 0.2) is 0 Å². The standard InChI is InChI=1S/C13H16BrFN2O.ClH/c1-8-5-11(14)10(6-12(8)15)13(18)17-4-2-3-9(16)7-17;/h5-6,9H,2-4,7,16H2,1H3;1H/t9-;/m0./s1. The summed E-state index contributed by atoms with van der Waals surface area (Å²) in [5.41, 5.74) is 6.74. The smallest absolute Gasteiger partial charge is 0.255 e. The lowest BCUT2D eigenvalue weighted by atomic mass is 10.0. The van der Waals surface area contributed by atoms with E-state index in [1.807, 2.05) is 0 Å². The van der Waals surface area contributed by atoms with Gasteiger partial charge in [0, 0.05) is 23.6 Å². The zero-order valence-electron chi connectivity index (χ0n) is 10.7. The first-order chi connectivity index (χ1) is 8.49. The molecule has 1 aromatic rings. The van der Waals surface area contributed by atoms with Crippen molar-refractivity contribution in [3.05, 3.63) is 33.5 Å². The van der Waals surface area contributed by atoms with Crippen molar-refractivity contribution in [2.45, 2.75) is 25.8 Å². The van der Waals surface area contributed by atoms with E-state index >= 15 is 0 Å². The number of carbonyl (C=O) groups is 1. The van der Waals surface area contributed by atoms with Crippen LogP contribution in [0.3, 0.4) is 0 Å². The van der Waals surface area contributed by atoms with E-state index in [1.165, 1.54) is 6.07 Å². The Morgan fingerprint density at radius 1 is 1.53 bits per heavy atom. The first-order valence-electron chi connectivity index (χ1n) is 5.99. The summed E-state index contributed by atoms with van der Waals surface area (Å²) < 4.78 is 14.2. The first-order valence-corrected chi connectivity index (χ1v) is 6.79. The van der Waals surface area contributed by atoms with E-state index in [2.05, 4.69) is 15.9 Å². The Hall–Kier alpha value is -0.650. The molecule has 0 saturated carbocycles. The molecule has 6 heteroatoms. The van der Waals surface area contributed by atoms with Crippen molar-refractivity contribution in [2.75, 3.05) is 13.1 Å². The molecule has 19 heavy (non-hydrogen) atoms. The van der Waals surface area contributed by atoms with Crippen LogP contribution >= 0.6 is 28.3 Å². The Morgan fingerprint density at radius 2 is 2.21 bits per heavy atom. The molecule has 0 unspecified atom stereocenters. The van der Waals surface area contributed by atoms with Gasteiger partial charge in [-0.05, 0) is 53.4 Å². The molecular weight excluding hydrogens is 335 g/mol. The molecule has 1 saturated heterocycles. The van der Waals surface area contributed by atoms with Crippen molar-refractivity contribution < 1.29 is 9.18 Å². The van der Waals surface area contributed by atoms with Gasteiger partial charge in [-0.15, -0.1) is 12.4 Å². The van der Waals surface area contributed by atoms with Crippen LogP contribution < -0.4 is 5.73 Å². The quantitative estimate of drug-likeness (QED) is 0.845. The fourth-order valence-electron chi connectivity index (χ4n) is 2.17. The maximum atomic E-state index is 13.5. The maximum absolute atomic E-state index is 13.5. The third-order valence-electron chi connectivity index (χ3n) is 3.22. The molecule has 1 aliphatic heterocycles. The highest BCUT2D eigenvalue weighted by Crippen LogP contribution is 2.23. The Labute approximate surface area is 126 Å². The molecule has 1 amide bonds. The number of hydrogen-bond donors (Lipinski definition) is 1. The molecule has 0 radical (unpaired) electrons. The summed E-state index contributed by atoms with van der Waals surface area (Å²) in [6.07, 6.45) is 1.84. The number of amides is 1. The third kappa shape index (κ3) is 3.68. The van der Waals surface area contributed by atoms with E-state index in [0.29, 0.717) is 28.7 Å². The number of rotatable bonds is 1. The lowest BCUT2D eigenvalue weighted by Crippen LogP contribution is -2.45.